The van der Waals surface area contributed by atoms with Crippen molar-refractivity contribution >= 4 is 5.91 Å². The monoisotopic (exact) mass is 277 g/mol. The Labute approximate surface area is 124 Å². The van der Waals surface area contributed by atoms with Crippen LogP contribution in [0.2, 0.25) is 0 Å². The Morgan fingerprint density at radius 3 is 2.85 bits per heavy atom. The van der Waals surface area contributed by atoms with Gasteiger partial charge in [0.05, 0.1) is 0 Å². The number of carbonyl (C=O) groups excluding carboxylic acids is 1. The van der Waals surface area contributed by atoms with E-state index in [0.29, 0.717) is 17.5 Å². The van der Waals surface area contributed by atoms with Gasteiger partial charge in [0, 0.05) is 18.0 Å². The fraction of sp³-hybridized carbons (Fsp3) is 0.944. The molecule has 2 nitrogen and oxygen atoms in total. The van der Waals surface area contributed by atoms with E-state index in [1.165, 1.54) is 77.0 Å². The summed E-state index contributed by atoms with van der Waals surface area (Å²) in [7, 11) is 0. The number of nitrogens with zero attached hydrogens (tertiary/aromatic N) is 1. The van der Waals surface area contributed by atoms with Crippen molar-refractivity contribution < 1.29 is 4.79 Å². The van der Waals surface area contributed by atoms with E-state index in [-0.39, 0.29) is 0 Å². The Balaban J connectivity index is 1.69. The van der Waals surface area contributed by atoms with Crippen molar-refractivity contribution in [1.82, 2.24) is 4.90 Å². The molecule has 0 bridgehead atoms. The van der Waals surface area contributed by atoms with Crippen molar-refractivity contribution in [3.63, 3.8) is 0 Å². The van der Waals surface area contributed by atoms with Gasteiger partial charge in [-0.15, -0.1) is 0 Å². The smallest absolute Gasteiger partial charge is 0.223 e. The molecule has 1 saturated carbocycles. The number of amides is 1. The van der Waals surface area contributed by atoms with Gasteiger partial charge >= 0.3 is 0 Å². The zero-order chi connectivity index (χ0) is 14.0. The average molecular weight is 277 g/mol. The standard InChI is InChI=1S/C18H31NO/c1-2-3-4-5-9-16-11-10-15-8-6-7-13-18(15)14-12-17(20)19(16)18/h15-16H,2-14H2,1H3/t15-,16+,18-/m0/s1. The second-order valence-corrected chi connectivity index (χ2v) is 7.39. The van der Waals surface area contributed by atoms with E-state index < -0.39 is 0 Å². The van der Waals surface area contributed by atoms with Gasteiger partial charge in [0.25, 0.3) is 0 Å². The van der Waals surface area contributed by atoms with E-state index in [0.717, 1.165) is 12.3 Å². The van der Waals surface area contributed by atoms with E-state index in [1.54, 1.807) is 0 Å². The molecule has 0 aromatic carbocycles. The number of carbonyl (C=O) groups is 1. The first kappa shape index (κ1) is 14.4. The molecule has 1 amide bonds. The summed E-state index contributed by atoms with van der Waals surface area (Å²) in [6.07, 6.45) is 16.7. The normalized spacial score (nSPS) is 36.9. The Morgan fingerprint density at radius 1 is 1.10 bits per heavy atom. The molecule has 2 heterocycles. The summed E-state index contributed by atoms with van der Waals surface area (Å²) in [5, 5.41) is 0. The number of rotatable bonds is 5. The van der Waals surface area contributed by atoms with Crippen molar-refractivity contribution in [2.45, 2.75) is 102 Å². The van der Waals surface area contributed by atoms with E-state index >= 15 is 0 Å². The van der Waals surface area contributed by atoms with E-state index in [9.17, 15) is 4.79 Å². The predicted molar refractivity (Wildman–Crippen MR) is 82.6 cm³/mol. The molecule has 3 aliphatic rings. The van der Waals surface area contributed by atoms with Gasteiger partial charge in [0.2, 0.25) is 5.91 Å². The first-order valence-corrected chi connectivity index (χ1v) is 9.10. The lowest BCUT2D eigenvalue weighted by molar-refractivity contribution is -0.142. The second kappa shape index (κ2) is 6.07. The third kappa shape index (κ3) is 2.40. The van der Waals surface area contributed by atoms with Gasteiger partial charge in [0.15, 0.2) is 0 Å². The Hall–Kier alpha value is -0.530. The van der Waals surface area contributed by atoms with Crippen molar-refractivity contribution in [3.8, 4) is 0 Å². The lowest BCUT2D eigenvalue weighted by Gasteiger charge is -2.54. The molecule has 0 unspecified atom stereocenters. The molecule has 2 saturated heterocycles. The van der Waals surface area contributed by atoms with Crippen LogP contribution in [0.15, 0.2) is 0 Å². The molecule has 20 heavy (non-hydrogen) atoms. The Bertz CT molecular complexity index is 353. The Kier molecular flexibility index (Phi) is 4.37. The van der Waals surface area contributed by atoms with E-state index in [4.69, 9.17) is 0 Å². The van der Waals surface area contributed by atoms with Crippen LogP contribution in [0.4, 0.5) is 0 Å². The van der Waals surface area contributed by atoms with Crippen LogP contribution < -0.4 is 0 Å². The molecule has 3 atom stereocenters. The summed E-state index contributed by atoms with van der Waals surface area (Å²) in [5.74, 6) is 1.31. The van der Waals surface area contributed by atoms with Crippen molar-refractivity contribution in [2.24, 2.45) is 5.92 Å². The number of hydrogen-bond donors (Lipinski definition) is 0. The number of unbranched alkanes of at least 4 members (excludes halogenated alkanes) is 3. The van der Waals surface area contributed by atoms with Crippen LogP contribution in [0.25, 0.3) is 0 Å². The van der Waals surface area contributed by atoms with Gasteiger partial charge in [-0.25, -0.2) is 0 Å². The molecular weight excluding hydrogens is 246 g/mol. The molecule has 0 radical (unpaired) electrons. The summed E-state index contributed by atoms with van der Waals surface area (Å²) in [6, 6.07) is 0.580. The quantitative estimate of drug-likeness (QED) is 0.669. The first-order valence-electron chi connectivity index (χ1n) is 9.10. The lowest BCUT2D eigenvalue weighted by Crippen LogP contribution is -2.59. The summed E-state index contributed by atoms with van der Waals surface area (Å²) >= 11 is 0. The predicted octanol–water partition coefficient (Wildman–Crippen LogP) is 4.67. The maximum Gasteiger partial charge on any atom is 0.223 e. The summed E-state index contributed by atoms with van der Waals surface area (Å²) in [4.78, 5) is 14.9. The molecule has 3 fully saturated rings. The molecule has 3 rings (SSSR count). The molecule has 0 aromatic rings. The van der Waals surface area contributed by atoms with E-state index in [1.807, 2.05) is 0 Å². The van der Waals surface area contributed by atoms with Crippen molar-refractivity contribution in [1.29, 1.82) is 0 Å². The molecule has 0 N–H and O–H groups in total. The second-order valence-electron chi connectivity index (χ2n) is 7.39. The van der Waals surface area contributed by atoms with Crippen LogP contribution in [-0.4, -0.2) is 22.4 Å². The van der Waals surface area contributed by atoms with Gasteiger partial charge in [0.1, 0.15) is 0 Å². The zero-order valence-corrected chi connectivity index (χ0v) is 13.2. The number of hydrogen-bond acceptors (Lipinski definition) is 1. The molecule has 1 aliphatic carbocycles. The fourth-order valence-electron chi connectivity index (χ4n) is 5.34. The number of piperidine rings is 1. The van der Waals surface area contributed by atoms with Crippen LogP contribution in [0.1, 0.15) is 90.4 Å². The molecule has 0 aromatic heterocycles. The topological polar surface area (TPSA) is 20.3 Å². The van der Waals surface area contributed by atoms with Gasteiger partial charge in [-0.3, -0.25) is 4.79 Å². The summed E-state index contributed by atoms with van der Waals surface area (Å²) in [5.41, 5.74) is 0.309. The van der Waals surface area contributed by atoms with Gasteiger partial charge < -0.3 is 4.90 Å². The van der Waals surface area contributed by atoms with Crippen LogP contribution >= 0.6 is 0 Å². The third-order valence-corrected chi connectivity index (χ3v) is 6.30. The van der Waals surface area contributed by atoms with Crippen molar-refractivity contribution in [2.75, 3.05) is 0 Å². The summed E-state index contributed by atoms with van der Waals surface area (Å²) in [6.45, 7) is 2.27. The summed E-state index contributed by atoms with van der Waals surface area (Å²) < 4.78 is 0. The van der Waals surface area contributed by atoms with Crippen molar-refractivity contribution in [3.05, 3.63) is 0 Å². The minimum Gasteiger partial charge on any atom is -0.334 e. The highest BCUT2D eigenvalue weighted by Crippen LogP contribution is 2.52. The maximum absolute atomic E-state index is 12.5. The molecule has 114 valence electrons. The molecule has 1 spiro atoms. The minimum absolute atomic E-state index is 0.309. The highest BCUT2D eigenvalue weighted by Gasteiger charge is 2.55. The maximum atomic E-state index is 12.5. The fourth-order valence-corrected chi connectivity index (χ4v) is 5.34. The average Bonchev–Trinajstić information content (AvgIpc) is 2.81. The van der Waals surface area contributed by atoms with Crippen LogP contribution in [0.3, 0.4) is 0 Å². The SMILES string of the molecule is CCCCCC[C@@H]1CC[C@@H]2CCCC[C@]23CCC(=O)N13. The first-order chi connectivity index (χ1) is 9.78. The zero-order valence-electron chi connectivity index (χ0n) is 13.2. The highest BCUT2D eigenvalue weighted by atomic mass is 16.2. The van der Waals surface area contributed by atoms with Crippen LogP contribution in [-0.2, 0) is 4.79 Å². The van der Waals surface area contributed by atoms with Gasteiger partial charge in [-0.2, -0.15) is 0 Å². The largest absolute Gasteiger partial charge is 0.334 e. The molecule has 2 aliphatic heterocycles. The molecular formula is C18H31NO. The highest BCUT2D eigenvalue weighted by molar-refractivity contribution is 5.80. The van der Waals surface area contributed by atoms with E-state index in [2.05, 4.69) is 11.8 Å². The van der Waals surface area contributed by atoms with Crippen LogP contribution in [0.5, 0.6) is 0 Å². The lowest BCUT2D eigenvalue weighted by atomic mass is 9.66. The van der Waals surface area contributed by atoms with Crippen LogP contribution in [0, 0.1) is 5.92 Å². The minimum atomic E-state index is 0.309. The third-order valence-electron chi connectivity index (χ3n) is 6.30. The molecule has 2 heteroatoms. The van der Waals surface area contributed by atoms with Gasteiger partial charge in [-0.05, 0) is 44.4 Å². The Morgan fingerprint density at radius 2 is 2.00 bits per heavy atom. The van der Waals surface area contributed by atoms with Gasteiger partial charge in [-0.1, -0.05) is 45.4 Å².